The molecule has 2 heterocycles. The summed E-state index contributed by atoms with van der Waals surface area (Å²) in [5, 5.41) is 12.7. The number of thioether (sulfide) groups is 1. The first-order valence-electron chi connectivity index (χ1n) is 7.19. The first kappa shape index (κ1) is 16.0. The Hall–Kier alpha value is -2.87. The predicted molar refractivity (Wildman–Crippen MR) is 91.3 cm³/mol. The molecule has 122 valence electrons. The van der Waals surface area contributed by atoms with Crippen LogP contribution in [0.1, 0.15) is 11.6 Å². The summed E-state index contributed by atoms with van der Waals surface area (Å²) in [6.45, 7) is 1.87. The normalized spacial score (nSPS) is 11.0. The number of hydrazone groups is 1. The minimum atomic E-state index is -0.233. The van der Waals surface area contributed by atoms with E-state index in [1.54, 1.807) is 12.1 Å². The van der Waals surface area contributed by atoms with Crippen LogP contribution in [0.5, 0.6) is 0 Å². The Kier molecular flexibility index (Phi) is 5.07. The van der Waals surface area contributed by atoms with E-state index in [1.807, 2.05) is 41.8 Å². The molecule has 3 aromatic rings. The second-order valence-electron chi connectivity index (χ2n) is 4.80. The summed E-state index contributed by atoms with van der Waals surface area (Å²) >= 11 is 1.30. The van der Waals surface area contributed by atoms with Crippen LogP contribution in [0.3, 0.4) is 0 Å². The third-order valence-electron chi connectivity index (χ3n) is 3.07. The second kappa shape index (κ2) is 7.60. The van der Waals surface area contributed by atoms with E-state index in [0.717, 1.165) is 11.5 Å². The van der Waals surface area contributed by atoms with Gasteiger partial charge in [0.05, 0.1) is 18.2 Å². The van der Waals surface area contributed by atoms with Crippen LogP contribution in [0.25, 0.3) is 5.69 Å². The molecule has 0 spiro atoms. The molecule has 0 unspecified atom stereocenters. The van der Waals surface area contributed by atoms with Gasteiger partial charge in [0.1, 0.15) is 11.6 Å². The Balaban J connectivity index is 1.60. The highest BCUT2D eigenvalue weighted by atomic mass is 32.2. The first-order valence-corrected chi connectivity index (χ1v) is 8.18. The Labute approximate surface area is 142 Å². The quantitative estimate of drug-likeness (QED) is 0.423. The molecule has 24 heavy (non-hydrogen) atoms. The minimum Gasteiger partial charge on any atom is -0.463 e. The van der Waals surface area contributed by atoms with Gasteiger partial charge in [-0.25, -0.2) is 5.43 Å². The zero-order valence-corrected chi connectivity index (χ0v) is 13.7. The number of furan rings is 1. The molecule has 0 bridgehead atoms. The first-order chi connectivity index (χ1) is 11.7. The fraction of sp³-hybridized carbons (Fsp3) is 0.125. The molecule has 8 heteroatoms. The van der Waals surface area contributed by atoms with Gasteiger partial charge in [0.25, 0.3) is 5.91 Å². The number of aryl methyl sites for hydroxylation is 1. The molecule has 0 saturated carbocycles. The van der Waals surface area contributed by atoms with Crippen LogP contribution < -0.4 is 5.43 Å². The fourth-order valence-electron chi connectivity index (χ4n) is 2.01. The molecule has 0 fully saturated rings. The average molecular weight is 341 g/mol. The number of benzene rings is 1. The van der Waals surface area contributed by atoms with Crippen LogP contribution in [0.2, 0.25) is 0 Å². The molecule has 1 amide bonds. The number of hydrogen-bond donors (Lipinski definition) is 1. The molecule has 0 aliphatic carbocycles. The Morgan fingerprint density at radius 2 is 2.12 bits per heavy atom. The topological polar surface area (TPSA) is 85.3 Å². The van der Waals surface area contributed by atoms with Crippen LogP contribution in [-0.2, 0) is 4.79 Å². The summed E-state index contributed by atoms with van der Waals surface area (Å²) in [7, 11) is 0. The fourth-order valence-corrected chi connectivity index (χ4v) is 2.80. The third kappa shape index (κ3) is 3.90. The van der Waals surface area contributed by atoms with Gasteiger partial charge in [-0.05, 0) is 31.2 Å². The van der Waals surface area contributed by atoms with Gasteiger partial charge < -0.3 is 4.42 Å². The van der Waals surface area contributed by atoms with Crippen LogP contribution >= 0.6 is 11.8 Å². The highest BCUT2D eigenvalue weighted by Crippen LogP contribution is 2.21. The van der Waals surface area contributed by atoms with E-state index in [-0.39, 0.29) is 11.7 Å². The zero-order chi connectivity index (χ0) is 16.8. The highest BCUT2D eigenvalue weighted by Gasteiger charge is 2.12. The standard InChI is InChI=1S/C16H15N5O2S/c1-12-18-20-16(21(12)13-6-3-2-4-7-13)24-11-15(22)19-17-10-14-8-5-9-23-14/h2-10H,11H2,1H3,(H,19,22). The predicted octanol–water partition coefficient (Wildman–Crippen LogP) is 2.41. The van der Waals surface area contributed by atoms with Crippen molar-refractivity contribution in [2.24, 2.45) is 5.10 Å². The van der Waals surface area contributed by atoms with E-state index in [2.05, 4.69) is 20.7 Å². The van der Waals surface area contributed by atoms with E-state index in [0.29, 0.717) is 10.9 Å². The van der Waals surface area contributed by atoms with Crippen molar-refractivity contribution in [2.75, 3.05) is 5.75 Å². The van der Waals surface area contributed by atoms with E-state index < -0.39 is 0 Å². The number of carbonyl (C=O) groups excluding carboxylic acids is 1. The van der Waals surface area contributed by atoms with Crippen molar-refractivity contribution in [3.05, 3.63) is 60.3 Å². The summed E-state index contributed by atoms with van der Waals surface area (Å²) in [5.41, 5.74) is 3.41. The Morgan fingerprint density at radius 3 is 2.88 bits per heavy atom. The zero-order valence-electron chi connectivity index (χ0n) is 12.9. The van der Waals surface area contributed by atoms with Crippen molar-refractivity contribution in [2.45, 2.75) is 12.1 Å². The van der Waals surface area contributed by atoms with Gasteiger partial charge in [0.15, 0.2) is 5.16 Å². The van der Waals surface area contributed by atoms with Gasteiger partial charge in [-0.3, -0.25) is 9.36 Å². The van der Waals surface area contributed by atoms with Crippen molar-refractivity contribution in [1.82, 2.24) is 20.2 Å². The molecule has 1 aromatic carbocycles. The van der Waals surface area contributed by atoms with E-state index in [1.165, 1.54) is 24.2 Å². The molecule has 1 N–H and O–H groups in total. The monoisotopic (exact) mass is 341 g/mol. The molecule has 0 saturated heterocycles. The van der Waals surface area contributed by atoms with Crippen LogP contribution in [0, 0.1) is 6.92 Å². The molecular weight excluding hydrogens is 326 g/mol. The maximum Gasteiger partial charge on any atom is 0.250 e. The Morgan fingerprint density at radius 1 is 1.29 bits per heavy atom. The number of aromatic nitrogens is 3. The number of nitrogens with one attached hydrogen (secondary N) is 1. The summed E-state index contributed by atoms with van der Waals surface area (Å²) in [5.74, 6) is 1.28. The van der Waals surface area contributed by atoms with Gasteiger partial charge in [0, 0.05) is 5.69 Å². The van der Waals surface area contributed by atoms with Crippen molar-refractivity contribution in [3.8, 4) is 5.69 Å². The lowest BCUT2D eigenvalue weighted by atomic mass is 10.3. The molecule has 3 rings (SSSR count). The largest absolute Gasteiger partial charge is 0.463 e. The molecule has 0 radical (unpaired) electrons. The molecule has 0 aliphatic rings. The van der Waals surface area contributed by atoms with E-state index in [4.69, 9.17) is 4.42 Å². The summed E-state index contributed by atoms with van der Waals surface area (Å²) in [6.07, 6.45) is 2.98. The van der Waals surface area contributed by atoms with Gasteiger partial charge in [-0.1, -0.05) is 30.0 Å². The SMILES string of the molecule is Cc1nnc(SCC(=O)NN=Cc2ccco2)n1-c1ccccc1. The minimum absolute atomic E-state index is 0.181. The third-order valence-corrected chi connectivity index (χ3v) is 4.00. The lowest BCUT2D eigenvalue weighted by Gasteiger charge is -2.07. The maximum absolute atomic E-state index is 11.9. The average Bonchev–Trinajstić information content (AvgIpc) is 3.23. The lowest BCUT2D eigenvalue weighted by Crippen LogP contribution is -2.19. The Bertz CT molecular complexity index is 828. The number of carbonyl (C=O) groups is 1. The van der Waals surface area contributed by atoms with Gasteiger partial charge in [-0.15, -0.1) is 10.2 Å². The molecule has 0 aliphatic heterocycles. The summed E-state index contributed by atoms with van der Waals surface area (Å²) < 4.78 is 6.99. The van der Waals surface area contributed by atoms with E-state index in [9.17, 15) is 4.79 Å². The number of para-hydroxylation sites is 1. The van der Waals surface area contributed by atoms with Crippen molar-refractivity contribution >= 4 is 23.9 Å². The number of hydrogen-bond acceptors (Lipinski definition) is 6. The lowest BCUT2D eigenvalue weighted by molar-refractivity contribution is -0.118. The molecule has 7 nitrogen and oxygen atoms in total. The van der Waals surface area contributed by atoms with Crippen LogP contribution in [0.15, 0.2) is 63.4 Å². The van der Waals surface area contributed by atoms with Crippen molar-refractivity contribution in [1.29, 1.82) is 0 Å². The molecule has 0 atom stereocenters. The van der Waals surface area contributed by atoms with Gasteiger partial charge in [-0.2, -0.15) is 5.10 Å². The maximum atomic E-state index is 11.9. The van der Waals surface area contributed by atoms with Gasteiger partial charge >= 0.3 is 0 Å². The van der Waals surface area contributed by atoms with Crippen LogP contribution in [-0.4, -0.2) is 32.6 Å². The van der Waals surface area contributed by atoms with Crippen molar-refractivity contribution < 1.29 is 9.21 Å². The smallest absolute Gasteiger partial charge is 0.250 e. The van der Waals surface area contributed by atoms with E-state index >= 15 is 0 Å². The summed E-state index contributed by atoms with van der Waals surface area (Å²) in [4.78, 5) is 11.9. The summed E-state index contributed by atoms with van der Waals surface area (Å²) in [6, 6.07) is 13.3. The highest BCUT2D eigenvalue weighted by molar-refractivity contribution is 7.99. The van der Waals surface area contributed by atoms with Crippen molar-refractivity contribution in [3.63, 3.8) is 0 Å². The number of amides is 1. The second-order valence-corrected chi connectivity index (χ2v) is 5.74. The molecular formula is C16H15N5O2S. The number of rotatable bonds is 6. The van der Waals surface area contributed by atoms with Crippen LogP contribution in [0.4, 0.5) is 0 Å². The molecule has 2 aromatic heterocycles. The number of nitrogens with zero attached hydrogens (tertiary/aromatic N) is 4. The van der Waals surface area contributed by atoms with Gasteiger partial charge in [0.2, 0.25) is 0 Å².